The van der Waals surface area contributed by atoms with Crippen molar-refractivity contribution < 1.29 is 47.9 Å². The van der Waals surface area contributed by atoms with Crippen molar-refractivity contribution in [2.45, 2.75) is 69.4 Å². The lowest BCUT2D eigenvalue weighted by Gasteiger charge is -2.44. The second-order valence-electron chi connectivity index (χ2n) is 13.8. The normalized spacial score (nSPS) is 25.1. The van der Waals surface area contributed by atoms with Gasteiger partial charge >= 0.3 is 0 Å². The summed E-state index contributed by atoms with van der Waals surface area (Å²) in [5.74, 6) is -2.19. The van der Waals surface area contributed by atoms with E-state index in [1.807, 2.05) is 0 Å². The molecule has 51 heavy (non-hydrogen) atoms. The van der Waals surface area contributed by atoms with Crippen molar-refractivity contribution in [1.29, 1.82) is 0 Å². The van der Waals surface area contributed by atoms with Crippen LogP contribution in [0.5, 0.6) is 34.5 Å². The van der Waals surface area contributed by atoms with Gasteiger partial charge in [-0.2, -0.15) is 0 Å². The Morgan fingerprint density at radius 1 is 0.961 bits per heavy atom. The molecule has 1 amide bonds. The third kappa shape index (κ3) is 6.24. The monoisotopic (exact) mass is 726 g/mol. The van der Waals surface area contributed by atoms with E-state index in [0.717, 1.165) is 32.4 Å². The van der Waals surface area contributed by atoms with E-state index in [2.05, 4.69) is 10.2 Å². The summed E-state index contributed by atoms with van der Waals surface area (Å²) in [6, 6.07) is 5.20. The highest BCUT2D eigenvalue weighted by molar-refractivity contribution is 6.35. The van der Waals surface area contributed by atoms with Gasteiger partial charge in [0.05, 0.1) is 35.5 Å². The minimum absolute atomic E-state index is 0.0173. The van der Waals surface area contributed by atoms with Crippen LogP contribution in [-0.4, -0.2) is 94.3 Å². The fourth-order valence-corrected chi connectivity index (χ4v) is 8.81. The van der Waals surface area contributed by atoms with E-state index in [0.29, 0.717) is 41.3 Å². The van der Waals surface area contributed by atoms with E-state index in [1.165, 1.54) is 54.5 Å². The molecule has 2 aromatic rings. The molecule has 1 spiro atoms. The van der Waals surface area contributed by atoms with Crippen molar-refractivity contribution in [3.05, 3.63) is 45.7 Å². The fourth-order valence-electron chi connectivity index (χ4n) is 8.55. The van der Waals surface area contributed by atoms with Crippen LogP contribution >= 0.6 is 11.6 Å². The molecule has 0 saturated carbocycles. The first-order chi connectivity index (χ1) is 24.5. The van der Waals surface area contributed by atoms with E-state index in [9.17, 15) is 19.5 Å². The lowest BCUT2D eigenvalue weighted by Crippen LogP contribution is -2.53. The van der Waals surface area contributed by atoms with Crippen LogP contribution in [0.4, 0.5) is 0 Å². The van der Waals surface area contributed by atoms with Crippen LogP contribution in [0.3, 0.4) is 0 Å². The molecule has 3 aliphatic heterocycles. The molecule has 12 nitrogen and oxygen atoms in total. The summed E-state index contributed by atoms with van der Waals surface area (Å²) >= 11 is 6.66. The van der Waals surface area contributed by atoms with Crippen LogP contribution in [0.1, 0.15) is 73.7 Å². The van der Waals surface area contributed by atoms with Gasteiger partial charge in [-0.1, -0.05) is 24.9 Å². The van der Waals surface area contributed by atoms with Crippen LogP contribution in [0.15, 0.2) is 29.5 Å². The van der Waals surface area contributed by atoms with E-state index in [1.54, 1.807) is 19.1 Å². The second kappa shape index (κ2) is 14.8. The van der Waals surface area contributed by atoms with Crippen LogP contribution in [0.2, 0.25) is 5.02 Å². The molecule has 0 radical (unpaired) electrons. The molecular formula is C38H47ClN2O10. The zero-order chi connectivity index (χ0) is 36.6. The number of aliphatic hydroxyl groups excluding tert-OH is 1. The number of piperidine rings is 2. The average molecular weight is 727 g/mol. The maximum atomic E-state index is 14.5. The molecule has 6 rings (SSSR count). The number of hydrogen-bond donors (Lipinski definition) is 2. The molecular weight excluding hydrogens is 680 g/mol. The summed E-state index contributed by atoms with van der Waals surface area (Å²) in [5.41, 5.74) is -1.66. The molecule has 13 heteroatoms. The molecule has 1 unspecified atom stereocenters. The summed E-state index contributed by atoms with van der Waals surface area (Å²) in [7, 11) is 7.23. The Labute approximate surface area is 303 Å². The number of aliphatic hydroxyl groups is 1. The molecule has 2 N–H and O–H groups in total. The van der Waals surface area contributed by atoms with Crippen molar-refractivity contribution >= 4 is 29.1 Å². The molecule has 4 aliphatic rings. The number of halogens is 1. The lowest BCUT2D eigenvalue weighted by atomic mass is 9.69. The number of Topliss-reactive ketones (excluding diaryl/α,β-unsaturated/α-hetero) is 2. The predicted octanol–water partition coefficient (Wildman–Crippen LogP) is 5.67. The number of methoxy groups -OCH3 is 5. The molecule has 1 aliphatic carbocycles. The molecule has 2 aromatic carbocycles. The summed E-state index contributed by atoms with van der Waals surface area (Å²) in [4.78, 5) is 45.1. The third-order valence-electron chi connectivity index (χ3n) is 11.1. The van der Waals surface area contributed by atoms with Gasteiger partial charge in [0.1, 0.15) is 22.1 Å². The highest BCUT2D eigenvalue weighted by atomic mass is 35.5. The summed E-state index contributed by atoms with van der Waals surface area (Å²) in [5, 5.41) is 15.5. The summed E-state index contributed by atoms with van der Waals surface area (Å²) in [6.07, 6.45) is 5.23. The van der Waals surface area contributed by atoms with E-state index < -0.39 is 34.8 Å². The second-order valence-corrected chi connectivity index (χ2v) is 14.2. The molecule has 276 valence electrons. The standard InChI is InChI=1S/C38H47ClN2O10/c1-20-14-25(42)31(36(44)38(20)37(45)32-26(46-2)18-27(47-3)33(39)35(32)51-38)23(22-15-28(48-4)34(50-6)29(16-22)49-5)17-30(43)40-19-21-10-9-13-41-12-8-7-11-24(21)41/h15-16,18,20-21,23-24,44H,7-14,17,19H2,1-6H3,(H,40,43)/t20-,21+,23?,24-,38+/m1/s1. The van der Waals surface area contributed by atoms with Crippen LogP contribution in [0.25, 0.3) is 0 Å². The minimum Gasteiger partial charge on any atom is -0.507 e. The Morgan fingerprint density at radius 2 is 1.63 bits per heavy atom. The Hall–Kier alpha value is -4.16. The van der Waals surface area contributed by atoms with Gasteiger partial charge in [0.25, 0.3) is 0 Å². The number of allylic oxidation sites excluding steroid dienone is 1. The van der Waals surface area contributed by atoms with E-state index in [-0.39, 0.29) is 52.2 Å². The number of ether oxygens (including phenoxy) is 6. The van der Waals surface area contributed by atoms with Crippen LogP contribution < -0.4 is 33.7 Å². The quantitative estimate of drug-likeness (QED) is 0.296. The number of rotatable bonds is 11. The Kier molecular flexibility index (Phi) is 10.6. The van der Waals surface area contributed by atoms with Crippen molar-refractivity contribution in [3.63, 3.8) is 0 Å². The Morgan fingerprint density at radius 3 is 2.27 bits per heavy atom. The topological polar surface area (TPSA) is 142 Å². The highest BCUT2D eigenvalue weighted by Crippen LogP contribution is 2.56. The van der Waals surface area contributed by atoms with Crippen LogP contribution in [-0.2, 0) is 9.59 Å². The first-order valence-electron chi connectivity index (χ1n) is 17.5. The van der Waals surface area contributed by atoms with Crippen molar-refractivity contribution in [2.75, 3.05) is 55.2 Å². The van der Waals surface area contributed by atoms with Crippen molar-refractivity contribution in [2.24, 2.45) is 11.8 Å². The SMILES string of the molecule is COc1cc(OC)c2c(c1Cl)O[C@]1(C2=O)C(O)=C(C(CC(=O)NC[C@@H]2CCCN3CCCC[C@H]23)c2cc(OC)c(OC)c(OC)c2)C(=O)C[C@H]1C. The zero-order valence-corrected chi connectivity index (χ0v) is 30.8. The molecule has 2 fully saturated rings. The molecule has 0 bridgehead atoms. The lowest BCUT2D eigenvalue weighted by molar-refractivity contribution is -0.122. The van der Waals surface area contributed by atoms with Crippen LogP contribution in [0, 0.1) is 11.8 Å². The van der Waals surface area contributed by atoms with Crippen molar-refractivity contribution in [1.82, 2.24) is 10.2 Å². The maximum absolute atomic E-state index is 14.5. The molecule has 0 aromatic heterocycles. The van der Waals surface area contributed by atoms with E-state index >= 15 is 0 Å². The van der Waals surface area contributed by atoms with Gasteiger partial charge in [0, 0.05) is 48.9 Å². The maximum Gasteiger partial charge on any atom is 0.231 e. The van der Waals surface area contributed by atoms with Gasteiger partial charge in [-0.05, 0) is 62.4 Å². The van der Waals surface area contributed by atoms with Gasteiger partial charge in [0.2, 0.25) is 23.0 Å². The number of amides is 1. The largest absolute Gasteiger partial charge is 0.507 e. The number of carbonyl (C=O) groups is 3. The number of fused-ring (bicyclic) bond motifs is 2. The van der Waals surface area contributed by atoms with E-state index in [4.69, 9.17) is 40.0 Å². The smallest absolute Gasteiger partial charge is 0.231 e. The summed E-state index contributed by atoms with van der Waals surface area (Å²) < 4.78 is 34.1. The van der Waals surface area contributed by atoms with Gasteiger partial charge in [-0.3, -0.25) is 14.4 Å². The Bertz CT molecular complexity index is 1720. The predicted molar refractivity (Wildman–Crippen MR) is 189 cm³/mol. The average Bonchev–Trinajstić information content (AvgIpc) is 3.46. The minimum atomic E-state index is -2.02. The van der Waals surface area contributed by atoms with Gasteiger partial charge in [0.15, 0.2) is 28.8 Å². The number of nitrogens with one attached hydrogen (secondary N) is 1. The molecule has 5 atom stereocenters. The molecule has 2 saturated heterocycles. The van der Waals surface area contributed by atoms with Gasteiger partial charge < -0.3 is 43.7 Å². The first-order valence-corrected chi connectivity index (χ1v) is 17.9. The number of ketones is 2. The third-order valence-corrected chi connectivity index (χ3v) is 11.5. The zero-order valence-electron chi connectivity index (χ0n) is 30.1. The van der Waals surface area contributed by atoms with Gasteiger partial charge in [-0.15, -0.1) is 0 Å². The number of hydrogen-bond acceptors (Lipinski definition) is 11. The molecule has 3 heterocycles. The summed E-state index contributed by atoms with van der Waals surface area (Å²) in [6.45, 7) is 4.33. The number of benzene rings is 2. The van der Waals surface area contributed by atoms with Crippen molar-refractivity contribution in [3.8, 4) is 34.5 Å². The fraction of sp³-hybridized carbons (Fsp3) is 0.553. The van der Waals surface area contributed by atoms with Gasteiger partial charge in [-0.25, -0.2) is 0 Å². The Balaban J connectivity index is 1.43. The number of nitrogens with zero attached hydrogens (tertiary/aromatic N) is 1. The highest BCUT2D eigenvalue weighted by Gasteiger charge is 2.61. The first kappa shape index (κ1) is 36.6. The number of carbonyl (C=O) groups excluding carboxylic acids is 3.